The molecule has 1 aromatic rings. The van der Waals surface area contributed by atoms with Gasteiger partial charge in [0.15, 0.2) is 0 Å². The second-order valence-corrected chi connectivity index (χ2v) is 2.75. The second-order valence-electron chi connectivity index (χ2n) is 2.75. The number of hydrogen-bond acceptors (Lipinski definition) is 5. The highest BCUT2D eigenvalue weighted by Crippen LogP contribution is 2.08. The lowest BCUT2D eigenvalue weighted by molar-refractivity contribution is -0.397. The summed E-state index contributed by atoms with van der Waals surface area (Å²) in [5.74, 6) is -0.278. The van der Waals surface area contributed by atoms with E-state index in [0.717, 1.165) is 0 Å². The number of aliphatic hydroxyl groups excluding tert-OH is 1. The summed E-state index contributed by atoms with van der Waals surface area (Å²) in [5.41, 5.74) is 0. The molecule has 7 heteroatoms. The van der Waals surface area contributed by atoms with Crippen LogP contribution in [-0.4, -0.2) is 39.4 Å². The summed E-state index contributed by atoms with van der Waals surface area (Å²) in [6.45, 7) is 4.24. The molecule has 1 atom stereocenters. The SMILES string of the molecule is CC.COCC(O)Cn1ccnc1[N+](=O)[O-]. The summed E-state index contributed by atoms with van der Waals surface area (Å²) in [6.07, 6.45) is 1.99. The summed E-state index contributed by atoms with van der Waals surface area (Å²) in [4.78, 5) is 13.4. The first kappa shape index (κ1) is 14.5. The number of aromatic nitrogens is 2. The van der Waals surface area contributed by atoms with Gasteiger partial charge in [0.2, 0.25) is 0 Å². The summed E-state index contributed by atoms with van der Waals surface area (Å²) >= 11 is 0. The van der Waals surface area contributed by atoms with Crippen molar-refractivity contribution in [2.75, 3.05) is 13.7 Å². The Morgan fingerprint density at radius 3 is 2.81 bits per heavy atom. The maximum Gasteiger partial charge on any atom is 0.434 e. The second kappa shape index (κ2) is 7.77. The Labute approximate surface area is 93.8 Å². The van der Waals surface area contributed by atoms with Crippen LogP contribution in [0.1, 0.15) is 13.8 Å². The zero-order valence-corrected chi connectivity index (χ0v) is 9.66. The molecule has 0 amide bonds. The number of ether oxygens (including phenoxy) is 1. The van der Waals surface area contributed by atoms with Gasteiger partial charge in [-0.05, 0) is 4.92 Å². The minimum absolute atomic E-state index is 0.101. The lowest BCUT2D eigenvalue weighted by Gasteiger charge is -2.07. The highest BCUT2D eigenvalue weighted by molar-refractivity contribution is 5.06. The van der Waals surface area contributed by atoms with Gasteiger partial charge >= 0.3 is 5.95 Å². The van der Waals surface area contributed by atoms with Crippen molar-refractivity contribution in [3.63, 3.8) is 0 Å². The van der Waals surface area contributed by atoms with Crippen LogP contribution in [0.4, 0.5) is 5.95 Å². The molecule has 0 aliphatic rings. The monoisotopic (exact) mass is 231 g/mol. The molecule has 7 nitrogen and oxygen atoms in total. The largest absolute Gasteiger partial charge is 0.434 e. The van der Waals surface area contributed by atoms with Gasteiger partial charge in [-0.2, -0.15) is 0 Å². The third kappa shape index (κ3) is 4.37. The van der Waals surface area contributed by atoms with Gasteiger partial charge in [0.1, 0.15) is 18.5 Å². The summed E-state index contributed by atoms with van der Waals surface area (Å²) in [7, 11) is 1.45. The molecule has 1 unspecified atom stereocenters. The fourth-order valence-corrected chi connectivity index (χ4v) is 1.09. The van der Waals surface area contributed by atoms with E-state index in [1.807, 2.05) is 13.8 Å². The van der Waals surface area contributed by atoms with Gasteiger partial charge in [-0.3, -0.25) is 0 Å². The standard InChI is InChI=1S/C7H11N3O4.C2H6/c1-14-5-6(11)4-9-3-2-8-7(9)10(12)13;1-2/h2-3,6,11H,4-5H2,1H3;1-2H3. The molecular weight excluding hydrogens is 214 g/mol. The molecule has 0 aliphatic carbocycles. The van der Waals surface area contributed by atoms with Crippen molar-refractivity contribution in [3.05, 3.63) is 22.5 Å². The Kier molecular flexibility index (Phi) is 7.06. The first-order valence-corrected chi connectivity index (χ1v) is 4.97. The van der Waals surface area contributed by atoms with Crippen LogP contribution in [0.3, 0.4) is 0 Å². The molecule has 0 bridgehead atoms. The lowest BCUT2D eigenvalue weighted by atomic mass is 10.4. The van der Waals surface area contributed by atoms with Gasteiger partial charge in [-0.25, -0.2) is 4.57 Å². The summed E-state index contributed by atoms with van der Waals surface area (Å²) in [6, 6.07) is 0. The van der Waals surface area contributed by atoms with Crippen LogP contribution >= 0.6 is 0 Å². The summed E-state index contributed by atoms with van der Waals surface area (Å²) < 4.78 is 5.97. The van der Waals surface area contributed by atoms with Crippen LogP contribution in [0.2, 0.25) is 0 Å². The fraction of sp³-hybridized carbons (Fsp3) is 0.667. The van der Waals surface area contributed by atoms with Gasteiger partial charge in [0.25, 0.3) is 0 Å². The topological polar surface area (TPSA) is 90.4 Å². The van der Waals surface area contributed by atoms with E-state index < -0.39 is 11.0 Å². The molecule has 1 rings (SSSR count). The van der Waals surface area contributed by atoms with Crippen LogP contribution < -0.4 is 0 Å². The summed E-state index contributed by atoms with van der Waals surface area (Å²) in [5, 5.41) is 19.8. The first-order valence-electron chi connectivity index (χ1n) is 4.97. The van der Waals surface area contributed by atoms with Crippen molar-refractivity contribution in [1.82, 2.24) is 9.55 Å². The van der Waals surface area contributed by atoms with Gasteiger partial charge < -0.3 is 20.0 Å². The zero-order chi connectivity index (χ0) is 12.6. The van der Waals surface area contributed by atoms with Crippen molar-refractivity contribution in [3.8, 4) is 0 Å². The Bertz CT molecular complexity index is 313. The number of imidazole rings is 1. The first-order chi connectivity index (χ1) is 7.65. The van der Waals surface area contributed by atoms with E-state index in [2.05, 4.69) is 4.98 Å². The molecule has 1 N–H and O–H groups in total. The van der Waals surface area contributed by atoms with Gasteiger partial charge in [0.05, 0.1) is 13.2 Å². The number of hydrogen-bond donors (Lipinski definition) is 1. The van der Waals surface area contributed by atoms with Gasteiger partial charge in [0, 0.05) is 7.11 Å². The molecule has 92 valence electrons. The third-order valence-electron chi connectivity index (χ3n) is 1.62. The van der Waals surface area contributed by atoms with Crippen LogP contribution in [0.5, 0.6) is 0 Å². The average molecular weight is 231 g/mol. The number of aliphatic hydroxyl groups is 1. The minimum atomic E-state index is -0.770. The number of methoxy groups -OCH3 is 1. The smallest absolute Gasteiger partial charge is 0.390 e. The third-order valence-corrected chi connectivity index (χ3v) is 1.62. The molecule has 0 spiro atoms. The predicted molar refractivity (Wildman–Crippen MR) is 58.1 cm³/mol. The molecule has 0 aliphatic heterocycles. The van der Waals surface area contributed by atoms with Crippen LogP contribution in [0.15, 0.2) is 12.4 Å². The fourth-order valence-electron chi connectivity index (χ4n) is 1.09. The maximum atomic E-state index is 10.4. The average Bonchev–Trinajstić information content (AvgIpc) is 2.69. The van der Waals surface area contributed by atoms with Crippen molar-refractivity contribution in [2.45, 2.75) is 26.5 Å². The Balaban J connectivity index is 0.00000106. The van der Waals surface area contributed by atoms with Crippen molar-refractivity contribution < 1.29 is 14.8 Å². The van der Waals surface area contributed by atoms with Crippen LogP contribution in [0.25, 0.3) is 0 Å². The van der Waals surface area contributed by atoms with Crippen LogP contribution in [0, 0.1) is 10.1 Å². The molecule has 0 saturated heterocycles. The molecule has 16 heavy (non-hydrogen) atoms. The molecule has 0 fully saturated rings. The minimum Gasteiger partial charge on any atom is -0.390 e. The molecular formula is C9H17N3O4. The van der Waals surface area contributed by atoms with Gasteiger partial charge in [-0.15, -0.1) is 0 Å². The quantitative estimate of drug-likeness (QED) is 0.598. The molecule has 0 aromatic carbocycles. The van der Waals surface area contributed by atoms with Crippen molar-refractivity contribution in [2.24, 2.45) is 0 Å². The van der Waals surface area contributed by atoms with E-state index in [4.69, 9.17) is 4.74 Å². The van der Waals surface area contributed by atoms with E-state index in [9.17, 15) is 15.2 Å². The maximum absolute atomic E-state index is 10.4. The lowest BCUT2D eigenvalue weighted by Crippen LogP contribution is -2.21. The van der Waals surface area contributed by atoms with E-state index >= 15 is 0 Å². The number of nitrogens with zero attached hydrogens (tertiary/aromatic N) is 3. The van der Waals surface area contributed by atoms with E-state index in [1.165, 1.54) is 24.1 Å². The molecule has 1 aromatic heterocycles. The molecule has 0 saturated carbocycles. The molecule has 0 radical (unpaired) electrons. The Morgan fingerprint density at radius 2 is 2.31 bits per heavy atom. The van der Waals surface area contributed by atoms with E-state index in [-0.39, 0.29) is 19.1 Å². The van der Waals surface area contributed by atoms with E-state index in [0.29, 0.717) is 0 Å². The number of rotatable bonds is 5. The normalized spacial score (nSPS) is 11.5. The van der Waals surface area contributed by atoms with Crippen molar-refractivity contribution >= 4 is 5.95 Å². The highest BCUT2D eigenvalue weighted by Gasteiger charge is 2.16. The van der Waals surface area contributed by atoms with E-state index in [1.54, 1.807) is 0 Å². The Morgan fingerprint density at radius 1 is 1.69 bits per heavy atom. The predicted octanol–water partition coefficient (Wildman–Crippen LogP) is 0.825. The van der Waals surface area contributed by atoms with Crippen LogP contribution in [-0.2, 0) is 11.3 Å². The highest BCUT2D eigenvalue weighted by atomic mass is 16.6. The Hall–Kier alpha value is -1.47. The van der Waals surface area contributed by atoms with Crippen molar-refractivity contribution in [1.29, 1.82) is 0 Å². The zero-order valence-electron chi connectivity index (χ0n) is 9.66. The molecule has 1 heterocycles. The number of nitro groups is 1. The van der Waals surface area contributed by atoms with Gasteiger partial charge in [-0.1, -0.05) is 18.8 Å².